The Morgan fingerprint density at radius 1 is 0.462 bits per heavy atom. The molecule has 65 heavy (non-hydrogen) atoms. The van der Waals surface area contributed by atoms with Crippen LogP contribution < -0.4 is 4.89 Å². The highest BCUT2D eigenvalue weighted by Crippen LogP contribution is 2.38. The number of nitrogens with zero attached hydrogens (tertiary/aromatic N) is 1. The lowest BCUT2D eigenvalue weighted by Gasteiger charge is -2.28. The summed E-state index contributed by atoms with van der Waals surface area (Å²) < 4.78 is 34.8. The van der Waals surface area contributed by atoms with Crippen molar-refractivity contribution in [3.05, 3.63) is 12.2 Å². The zero-order valence-electron chi connectivity index (χ0n) is 44.2. The number of hydrogen-bond acceptors (Lipinski definition) is 7. The zero-order valence-corrected chi connectivity index (χ0v) is 45.1. The van der Waals surface area contributed by atoms with Crippen molar-refractivity contribution in [2.24, 2.45) is 0 Å². The molecule has 9 heteroatoms. The van der Waals surface area contributed by atoms with Crippen molar-refractivity contribution < 1.29 is 37.3 Å². The van der Waals surface area contributed by atoms with Crippen LogP contribution in [0.15, 0.2) is 12.2 Å². The minimum absolute atomic E-state index is 0.0293. The third-order valence-corrected chi connectivity index (χ3v) is 13.8. The fraction of sp³-hybridized carbons (Fsp3) is 0.946. The molecule has 0 aromatic rings. The van der Waals surface area contributed by atoms with Crippen LogP contribution in [0.2, 0.25) is 0 Å². The van der Waals surface area contributed by atoms with E-state index in [0.717, 1.165) is 32.1 Å². The highest BCUT2D eigenvalue weighted by atomic mass is 31.2. The monoisotopic (exact) mass is 942 g/mol. The van der Waals surface area contributed by atoms with Crippen LogP contribution in [0, 0.1) is 0 Å². The molecule has 2 unspecified atom stereocenters. The second-order valence-electron chi connectivity index (χ2n) is 20.7. The van der Waals surface area contributed by atoms with Gasteiger partial charge in [-0.3, -0.25) is 9.36 Å². The lowest BCUT2D eigenvalue weighted by atomic mass is 10.0. The van der Waals surface area contributed by atoms with Crippen molar-refractivity contribution in [3.8, 4) is 0 Å². The van der Waals surface area contributed by atoms with E-state index in [1.54, 1.807) is 0 Å². The third-order valence-electron chi connectivity index (χ3n) is 12.8. The molecular formula is C56H112NO7P. The first kappa shape index (κ1) is 64.2. The number of carbonyl (C=O) groups is 1. The molecule has 2 atom stereocenters. The maximum absolute atomic E-state index is 12.8. The number of quaternary nitrogens is 1. The highest BCUT2D eigenvalue weighted by molar-refractivity contribution is 7.45. The van der Waals surface area contributed by atoms with Gasteiger partial charge in [0.05, 0.1) is 34.4 Å². The molecule has 0 N–H and O–H groups in total. The molecule has 0 aliphatic heterocycles. The van der Waals surface area contributed by atoms with Gasteiger partial charge in [0.25, 0.3) is 7.82 Å². The van der Waals surface area contributed by atoms with Crippen LogP contribution in [-0.4, -0.2) is 70.7 Å². The molecule has 0 aromatic carbocycles. The van der Waals surface area contributed by atoms with Crippen LogP contribution in [0.25, 0.3) is 0 Å². The van der Waals surface area contributed by atoms with Gasteiger partial charge in [-0.05, 0) is 38.5 Å². The summed E-state index contributed by atoms with van der Waals surface area (Å²) >= 11 is 0. The number of esters is 1. The fourth-order valence-corrected chi connectivity index (χ4v) is 9.16. The maximum Gasteiger partial charge on any atom is 0.306 e. The van der Waals surface area contributed by atoms with E-state index in [2.05, 4.69) is 26.0 Å². The van der Waals surface area contributed by atoms with Crippen LogP contribution in [0.4, 0.5) is 0 Å². The van der Waals surface area contributed by atoms with Crippen LogP contribution >= 0.6 is 7.82 Å². The quantitative estimate of drug-likeness (QED) is 0.0197. The molecule has 388 valence electrons. The van der Waals surface area contributed by atoms with E-state index in [1.165, 1.54) is 231 Å². The topological polar surface area (TPSA) is 94.1 Å². The second-order valence-corrected chi connectivity index (χ2v) is 22.1. The summed E-state index contributed by atoms with van der Waals surface area (Å²) in [5, 5.41) is 0. The van der Waals surface area contributed by atoms with E-state index in [4.69, 9.17) is 18.5 Å². The number of phosphoric acid groups is 1. The van der Waals surface area contributed by atoms with E-state index in [1.807, 2.05) is 21.1 Å². The lowest BCUT2D eigenvalue weighted by Crippen LogP contribution is -2.37. The van der Waals surface area contributed by atoms with Crippen LogP contribution in [-0.2, 0) is 27.9 Å². The number of allylic oxidation sites excluding steroid dienone is 2. The zero-order chi connectivity index (χ0) is 47.6. The number of hydrogen-bond donors (Lipinski definition) is 0. The molecule has 0 amide bonds. The smallest absolute Gasteiger partial charge is 0.306 e. The van der Waals surface area contributed by atoms with Gasteiger partial charge in [-0.15, -0.1) is 0 Å². The maximum atomic E-state index is 12.8. The molecule has 8 nitrogen and oxygen atoms in total. The van der Waals surface area contributed by atoms with Gasteiger partial charge < -0.3 is 27.9 Å². The second kappa shape index (κ2) is 49.7. The molecule has 0 bridgehead atoms. The summed E-state index contributed by atoms with van der Waals surface area (Å²) in [6.07, 6.45) is 58.2. The predicted octanol–water partition coefficient (Wildman–Crippen LogP) is 17.1. The third kappa shape index (κ3) is 54.1. The number of likely N-dealkylation sites (N-methyl/N-ethyl adjacent to an activating group) is 1. The van der Waals surface area contributed by atoms with Gasteiger partial charge in [0.2, 0.25) is 0 Å². The fourth-order valence-electron chi connectivity index (χ4n) is 8.43. The van der Waals surface area contributed by atoms with Gasteiger partial charge in [0, 0.05) is 13.0 Å². The number of rotatable bonds is 54. The lowest BCUT2D eigenvalue weighted by molar-refractivity contribution is -0.870. The first-order valence-corrected chi connectivity index (χ1v) is 29.9. The standard InChI is InChI=1S/C56H112NO7P/c1-6-8-10-12-14-16-18-20-22-24-26-27-28-29-30-31-32-33-35-37-39-41-43-45-47-49-56(58)64-55(54-63-65(59,60)62-52-50-57(3,4)5)53-61-51-48-46-44-42-40-38-36-34-25-23-21-19-17-15-13-11-9-7-2/h21,23,55H,6-20,22,24-54H2,1-5H3/b23-21-. The van der Waals surface area contributed by atoms with Crippen molar-refractivity contribution in [1.82, 2.24) is 0 Å². The van der Waals surface area contributed by atoms with E-state index < -0.39 is 13.9 Å². The van der Waals surface area contributed by atoms with Gasteiger partial charge >= 0.3 is 5.97 Å². The SMILES string of the molecule is CCCCCCCC/C=C\CCCCCCCCCCOCC(COP(=O)([O-])OCC[N+](C)(C)C)OC(=O)CCCCCCCCCCCCCCCCCCCCCCCCCCC. The Hall–Kier alpha value is -0.760. The summed E-state index contributed by atoms with van der Waals surface area (Å²) in [5.74, 6) is -0.327. The molecule has 0 rings (SSSR count). The van der Waals surface area contributed by atoms with Gasteiger partial charge in [-0.2, -0.15) is 0 Å². The first-order chi connectivity index (χ1) is 31.6. The molecule has 0 fully saturated rings. The molecule has 0 spiro atoms. The van der Waals surface area contributed by atoms with Gasteiger partial charge in [0.15, 0.2) is 0 Å². The Labute approximate surface area is 405 Å². The summed E-state index contributed by atoms with van der Waals surface area (Å²) in [7, 11) is 1.37. The molecule has 0 heterocycles. The predicted molar refractivity (Wildman–Crippen MR) is 278 cm³/mol. The normalized spacial score (nSPS) is 13.5. The summed E-state index contributed by atoms with van der Waals surface area (Å²) in [6, 6.07) is 0. The summed E-state index contributed by atoms with van der Waals surface area (Å²) in [4.78, 5) is 25.2. The molecule has 0 saturated carbocycles. The number of carbonyl (C=O) groups excluding carboxylic acids is 1. The molecule has 0 aliphatic rings. The van der Waals surface area contributed by atoms with E-state index in [9.17, 15) is 14.3 Å². The summed E-state index contributed by atoms with van der Waals surface area (Å²) in [5.41, 5.74) is 0. The Morgan fingerprint density at radius 2 is 0.800 bits per heavy atom. The van der Waals surface area contributed by atoms with Crippen molar-refractivity contribution in [1.29, 1.82) is 0 Å². The molecule has 0 saturated heterocycles. The van der Waals surface area contributed by atoms with Gasteiger partial charge in [-0.1, -0.05) is 251 Å². The van der Waals surface area contributed by atoms with E-state index >= 15 is 0 Å². The van der Waals surface area contributed by atoms with Gasteiger partial charge in [-0.25, -0.2) is 0 Å². The van der Waals surface area contributed by atoms with E-state index in [-0.39, 0.29) is 25.8 Å². The van der Waals surface area contributed by atoms with E-state index in [0.29, 0.717) is 24.1 Å². The average molecular weight is 942 g/mol. The van der Waals surface area contributed by atoms with Crippen molar-refractivity contribution in [2.45, 2.75) is 290 Å². The highest BCUT2D eigenvalue weighted by Gasteiger charge is 2.20. The van der Waals surface area contributed by atoms with Crippen LogP contribution in [0.3, 0.4) is 0 Å². The Morgan fingerprint density at radius 3 is 1.17 bits per heavy atom. The minimum atomic E-state index is -4.53. The van der Waals surface area contributed by atoms with Crippen LogP contribution in [0.1, 0.15) is 284 Å². The Kier molecular flexibility index (Phi) is 49.1. The average Bonchev–Trinajstić information content (AvgIpc) is 3.27. The number of phosphoric ester groups is 1. The van der Waals surface area contributed by atoms with Gasteiger partial charge in [0.1, 0.15) is 19.3 Å². The molecule has 0 aromatic heterocycles. The molecule has 0 radical (unpaired) electrons. The van der Waals surface area contributed by atoms with Crippen molar-refractivity contribution in [2.75, 3.05) is 54.1 Å². The number of ether oxygens (including phenoxy) is 2. The Bertz CT molecular complexity index is 1050. The van der Waals surface area contributed by atoms with Crippen molar-refractivity contribution >= 4 is 13.8 Å². The first-order valence-electron chi connectivity index (χ1n) is 28.4. The summed E-state index contributed by atoms with van der Waals surface area (Å²) in [6.45, 7) is 5.47. The Balaban J connectivity index is 4.02. The molecular weight excluding hydrogens is 830 g/mol. The van der Waals surface area contributed by atoms with Crippen LogP contribution in [0.5, 0.6) is 0 Å². The number of unbranched alkanes of at least 4 members (excludes halogenated alkanes) is 38. The van der Waals surface area contributed by atoms with Crippen molar-refractivity contribution in [3.63, 3.8) is 0 Å². The largest absolute Gasteiger partial charge is 0.756 e. The minimum Gasteiger partial charge on any atom is -0.756 e. The molecule has 0 aliphatic carbocycles.